The molecule has 2 saturated carbocycles. The zero-order valence-electron chi connectivity index (χ0n) is 13.7. The van der Waals surface area contributed by atoms with Crippen molar-refractivity contribution in [2.75, 3.05) is 7.11 Å². The summed E-state index contributed by atoms with van der Waals surface area (Å²) in [6.07, 6.45) is 11.6. The van der Waals surface area contributed by atoms with Gasteiger partial charge in [0.2, 0.25) is 0 Å². The second-order valence-electron chi connectivity index (χ2n) is 7.27. The molecule has 1 aromatic rings. The van der Waals surface area contributed by atoms with Gasteiger partial charge in [-0.05, 0) is 73.5 Å². The lowest BCUT2D eigenvalue weighted by molar-refractivity contribution is 0.114. The molecule has 1 aromatic carbocycles. The Hall–Kier alpha value is -0.980. The highest BCUT2D eigenvalue weighted by Gasteiger charge is 2.35. The van der Waals surface area contributed by atoms with Gasteiger partial charge < -0.3 is 4.74 Å². The molecule has 0 spiro atoms. The Morgan fingerprint density at radius 3 is 2.38 bits per heavy atom. The molecule has 0 saturated heterocycles. The van der Waals surface area contributed by atoms with Gasteiger partial charge in [0, 0.05) is 0 Å². The fraction of sp³-hybridized carbons (Fsp3) is 0.700. The molecule has 1 heteroatoms. The van der Waals surface area contributed by atoms with Crippen LogP contribution < -0.4 is 4.74 Å². The molecule has 116 valence electrons. The predicted molar refractivity (Wildman–Crippen MR) is 88.8 cm³/mol. The Morgan fingerprint density at radius 2 is 1.67 bits per heavy atom. The van der Waals surface area contributed by atoms with Gasteiger partial charge in [0.25, 0.3) is 0 Å². The minimum atomic E-state index is 0.792. The van der Waals surface area contributed by atoms with Crippen molar-refractivity contribution in [2.24, 2.45) is 17.8 Å². The fourth-order valence-electron chi connectivity index (χ4n) is 4.84. The SMILES string of the molecule is CCCC1CC[C@@H]2C[C@H](c3ccc(OC)cc3)CC[C@@H]2C1. The Balaban J connectivity index is 1.60. The summed E-state index contributed by atoms with van der Waals surface area (Å²) in [7, 11) is 1.75. The van der Waals surface area contributed by atoms with Crippen molar-refractivity contribution < 1.29 is 4.74 Å². The van der Waals surface area contributed by atoms with Crippen LogP contribution in [0.25, 0.3) is 0 Å². The lowest BCUT2D eigenvalue weighted by Crippen LogP contribution is -2.30. The van der Waals surface area contributed by atoms with Crippen LogP contribution in [0, 0.1) is 17.8 Å². The molecule has 0 amide bonds. The first-order valence-electron chi connectivity index (χ1n) is 8.94. The Bertz CT molecular complexity index is 436. The van der Waals surface area contributed by atoms with E-state index in [0.29, 0.717) is 0 Å². The van der Waals surface area contributed by atoms with Crippen molar-refractivity contribution in [3.63, 3.8) is 0 Å². The second-order valence-corrected chi connectivity index (χ2v) is 7.27. The quantitative estimate of drug-likeness (QED) is 0.680. The van der Waals surface area contributed by atoms with Gasteiger partial charge in [0.05, 0.1) is 7.11 Å². The van der Waals surface area contributed by atoms with E-state index < -0.39 is 0 Å². The molecule has 2 aliphatic carbocycles. The van der Waals surface area contributed by atoms with E-state index in [1.165, 1.54) is 56.9 Å². The molecule has 3 rings (SSSR count). The molecule has 0 N–H and O–H groups in total. The summed E-state index contributed by atoms with van der Waals surface area (Å²) in [5, 5.41) is 0. The summed E-state index contributed by atoms with van der Waals surface area (Å²) in [4.78, 5) is 0. The summed E-state index contributed by atoms with van der Waals surface area (Å²) >= 11 is 0. The minimum Gasteiger partial charge on any atom is -0.497 e. The van der Waals surface area contributed by atoms with Crippen LogP contribution in [0.1, 0.15) is 69.8 Å². The topological polar surface area (TPSA) is 9.23 Å². The number of hydrogen-bond acceptors (Lipinski definition) is 1. The maximum atomic E-state index is 5.28. The second kappa shape index (κ2) is 6.85. The predicted octanol–water partition coefficient (Wildman–Crippen LogP) is 5.80. The number of hydrogen-bond donors (Lipinski definition) is 0. The van der Waals surface area contributed by atoms with E-state index in [1.807, 2.05) is 0 Å². The van der Waals surface area contributed by atoms with Gasteiger partial charge in [-0.25, -0.2) is 0 Å². The highest BCUT2D eigenvalue weighted by molar-refractivity contribution is 5.29. The van der Waals surface area contributed by atoms with Gasteiger partial charge in [-0.15, -0.1) is 0 Å². The molecule has 21 heavy (non-hydrogen) atoms. The average Bonchev–Trinajstić information content (AvgIpc) is 2.55. The number of methoxy groups -OCH3 is 1. The van der Waals surface area contributed by atoms with Gasteiger partial charge in [-0.3, -0.25) is 0 Å². The van der Waals surface area contributed by atoms with Gasteiger partial charge in [0.15, 0.2) is 0 Å². The highest BCUT2D eigenvalue weighted by Crippen LogP contribution is 2.48. The first kappa shape index (κ1) is 14.9. The van der Waals surface area contributed by atoms with Crippen molar-refractivity contribution in [1.82, 2.24) is 0 Å². The molecule has 2 aliphatic rings. The number of rotatable bonds is 4. The van der Waals surface area contributed by atoms with E-state index in [-0.39, 0.29) is 0 Å². The molecule has 1 nitrogen and oxygen atoms in total. The third kappa shape index (κ3) is 3.44. The van der Waals surface area contributed by atoms with Crippen molar-refractivity contribution in [2.45, 2.75) is 64.2 Å². The summed E-state index contributed by atoms with van der Waals surface area (Å²) in [6, 6.07) is 8.82. The van der Waals surface area contributed by atoms with Gasteiger partial charge in [-0.1, -0.05) is 38.3 Å². The Morgan fingerprint density at radius 1 is 0.952 bits per heavy atom. The third-order valence-corrected chi connectivity index (χ3v) is 6.01. The first-order chi connectivity index (χ1) is 10.3. The van der Waals surface area contributed by atoms with Crippen LogP contribution in [0.3, 0.4) is 0 Å². The number of ether oxygens (including phenoxy) is 1. The molecular formula is C20H30O. The van der Waals surface area contributed by atoms with E-state index in [0.717, 1.165) is 29.4 Å². The Kier molecular flexibility index (Phi) is 4.87. The normalized spacial score (nSPS) is 32.5. The zero-order chi connectivity index (χ0) is 14.7. The summed E-state index contributed by atoms with van der Waals surface area (Å²) < 4.78 is 5.28. The van der Waals surface area contributed by atoms with Crippen LogP contribution in [-0.2, 0) is 0 Å². The van der Waals surface area contributed by atoms with Gasteiger partial charge in [-0.2, -0.15) is 0 Å². The van der Waals surface area contributed by atoms with Crippen LogP contribution in [0.15, 0.2) is 24.3 Å². The third-order valence-electron chi connectivity index (χ3n) is 6.01. The maximum Gasteiger partial charge on any atom is 0.118 e. The van der Waals surface area contributed by atoms with E-state index in [2.05, 4.69) is 31.2 Å². The zero-order valence-corrected chi connectivity index (χ0v) is 13.7. The standard InChI is InChI=1S/C20H30O/c1-3-4-15-5-6-19-14-18(8-7-17(19)13-15)16-9-11-20(21-2)12-10-16/h9-12,15,17-19H,3-8,13-14H2,1-2H3/t15?,17-,18-,19-/m1/s1. The van der Waals surface area contributed by atoms with Crippen LogP contribution in [-0.4, -0.2) is 7.11 Å². The summed E-state index contributed by atoms with van der Waals surface area (Å²) in [5.74, 6) is 4.84. The summed E-state index contributed by atoms with van der Waals surface area (Å²) in [5.41, 5.74) is 1.53. The maximum absolute atomic E-state index is 5.28. The van der Waals surface area contributed by atoms with E-state index in [4.69, 9.17) is 4.74 Å². The molecule has 1 unspecified atom stereocenters. The molecule has 4 atom stereocenters. The largest absolute Gasteiger partial charge is 0.497 e. The Labute approximate surface area is 130 Å². The van der Waals surface area contributed by atoms with Crippen molar-refractivity contribution in [1.29, 1.82) is 0 Å². The molecule has 2 fully saturated rings. The van der Waals surface area contributed by atoms with Crippen LogP contribution in [0.4, 0.5) is 0 Å². The first-order valence-corrected chi connectivity index (χ1v) is 8.94. The van der Waals surface area contributed by atoms with E-state index in [9.17, 15) is 0 Å². The smallest absolute Gasteiger partial charge is 0.118 e. The summed E-state index contributed by atoms with van der Waals surface area (Å²) in [6.45, 7) is 2.34. The minimum absolute atomic E-state index is 0.792. The van der Waals surface area contributed by atoms with Crippen LogP contribution in [0.2, 0.25) is 0 Å². The average molecular weight is 286 g/mol. The number of benzene rings is 1. The molecule has 0 heterocycles. The monoisotopic (exact) mass is 286 g/mol. The molecular weight excluding hydrogens is 256 g/mol. The highest BCUT2D eigenvalue weighted by atomic mass is 16.5. The number of fused-ring (bicyclic) bond motifs is 1. The van der Waals surface area contributed by atoms with Gasteiger partial charge >= 0.3 is 0 Å². The lowest BCUT2D eigenvalue weighted by Gasteiger charge is -2.42. The fourth-order valence-corrected chi connectivity index (χ4v) is 4.84. The van der Waals surface area contributed by atoms with Crippen LogP contribution in [0.5, 0.6) is 5.75 Å². The van der Waals surface area contributed by atoms with Gasteiger partial charge in [0.1, 0.15) is 5.75 Å². The van der Waals surface area contributed by atoms with Crippen molar-refractivity contribution in [3.05, 3.63) is 29.8 Å². The lowest BCUT2D eigenvalue weighted by atomic mass is 9.63. The molecule has 0 bridgehead atoms. The van der Waals surface area contributed by atoms with Crippen molar-refractivity contribution in [3.8, 4) is 5.75 Å². The van der Waals surface area contributed by atoms with E-state index in [1.54, 1.807) is 7.11 Å². The van der Waals surface area contributed by atoms with Crippen LogP contribution >= 0.6 is 0 Å². The molecule has 0 aromatic heterocycles. The van der Waals surface area contributed by atoms with Crippen molar-refractivity contribution >= 4 is 0 Å². The molecule has 0 aliphatic heterocycles. The molecule has 0 radical (unpaired) electrons. The van der Waals surface area contributed by atoms with E-state index >= 15 is 0 Å².